The van der Waals surface area contributed by atoms with Crippen molar-refractivity contribution in [2.75, 3.05) is 5.32 Å². The summed E-state index contributed by atoms with van der Waals surface area (Å²) >= 11 is 5.81. The van der Waals surface area contributed by atoms with E-state index in [1.54, 1.807) is 30.3 Å². The molecule has 0 fully saturated rings. The lowest BCUT2D eigenvalue weighted by atomic mass is 10.1. The zero-order valence-corrected chi connectivity index (χ0v) is 13.6. The SMILES string of the molecule is N#CCC(=O)Nc1ccc(CNC(=O)Cc2ccc(Cl)cc2)cc1. The molecule has 0 spiro atoms. The summed E-state index contributed by atoms with van der Waals surface area (Å²) in [5, 5.41) is 14.5. The van der Waals surface area contributed by atoms with Gasteiger partial charge in [0.15, 0.2) is 0 Å². The zero-order chi connectivity index (χ0) is 17.4. The van der Waals surface area contributed by atoms with Crippen molar-refractivity contribution >= 4 is 29.1 Å². The van der Waals surface area contributed by atoms with E-state index in [-0.39, 0.29) is 18.2 Å². The second kappa shape index (κ2) is 8.70. The summed E-state index contributed by atoms with van der Waals surface area (Å²) in [6, 6.07) is 16.0. The van der Waals surface area contributed by atoms with Crippen LogP contribution in [0.25, 0.3) is 0 Å². The van der Waals surface area contributed by atoms with Gasteiger partial charge in [-0.05, 0) is 35.4 Å². The Labute approximate surface area is 145 Å². The lowest BCUT2D eigenvalue weighted by Crippen LogP contribution is -2.24. The number of nitriles is 1. The van der Waals surface area contributed by atoms with Gasteiger partial charge in [-0.2, -0.15) is 5.26 Å². The zero-order valence-electron chi connectivity index (χ0n) is 12.9. The Kier molecular flexibility index (Phi) is 6.35. The van der Waals surface area contributed by atoms with E-state index < -0.39 is 0 Å². The van der Waals surface area contributed by atoms with Crippen molar-refractivity contribution in [3.05, 3.63) is 64.7 Å². The molecule has 6 heteroatoms. The summed E-state index contributed by atoms with van der Waals surface area (Å²) < 4.78 is 0. The minimum atomic E-state index is -0.346. The van der Waals surface area contributed by atoms with Crippen LogP contribution in [0.15, 0.2) is 48.5 Å². The minimum absolute atomic E-state index is 0.0799. The Morgan fingerprint density at radius 2 is 1.58 bits per heavy atom. The monoisotopic (exact) mass is 341 g/mol. The van der Waals surface area contributed by atoms with Crippen molar-refractivity contribution in [2.45, 2.75) is 19.4 Å². The average molecular weight is 342 g/mol. The molecule has 2 aromatic rings. The first-order valence-corrected chi connectivity index (χ1v) is 7.71. The lowest BCUT2D eigenvalue weighted by Gasteiger charge is -2.07. The van der Waals surface area contributed by atoms with E-state index in [9.17, 15) is 9.59 Å². The predicted octanol–water partition coefficient (Wildman–Crippen LogP) is 3.05. The first kappa shape index (κ1) is 17.5. The highest BCUT2D eigenvalue weighted by molar-refractivity contribution is 6.30. The highest BCUT2D eigenvalue weighted by atomic mass is 35.5. The molecule has 0 saturated carbocycles. The third-order valence-corrected chi connectivity index (χ3v) is 3.50. The summed E-state index contributed by atoms with van der Waals surface area (Å²) in [6.07, 6.45) is 0.113. The Morgan fingerprint density at radius 1 is 0.958 bits per heavy atom. The van der Waals surface area contributed by atoms with Crippen molar-refractivity contribution in [1.82, 2.24) is 5.32 Å². The van der Waals surface area contributed by atoms with Gasteiger partial charge in [0.2, 0.25) is 11.8 Å². The summed E-state index contributed by atoms with van der Waals surface area (Å²) in [7, 11) is 0. The van der Waals surface area contributed by atoms with Crippen LogP contribution in [0.4, 0.5) is 5.69 Å². The van der Waals surface area contributed by atoms with Crippen LogP contribution in [0.2, 0.25) is 5.02 Å². The van der Waals surface area contributed by atoms with Crippen LogP contribution >= 0.6 is 11.6 Å². The molecular formula is C18H16ClN3O2. The van der Waals surface area contributed by atoms with Crippen molar-refractivity contribution in [3.8, 4) is 6.07 Å². The molecule has 0 saturated heterocycles. The normalized spacial score (nSPS) is 9.83. The Morgan fingerprint density at radius 3 is 2.21 bits per heavy atom. The van der Waals surface area contributed by atoms with Gasteiger partial charge in [-0.25, -0.2) is 0 Å². The number of carbonyl (C=O) groups excluding carboxylic acids is 2. The van der Waals surface area contributed by atoms with E-state index in [2.05, 4.69) is 10.6 Å². The first-order chi connectivity index (χ1) is 11.6. The van der Waals surface area contributed by atoms with E-state index in [0.717, 1.165) is 11.1 Å². The largest absolute Gasteiger partial charge is 0.352 e. The smallest absolute Gasteiger partial charge is 0.238 e. The summed E-state index contributed by atoms with van der Waals surface area (Å²) in [5.74, 6) is -0.426. The second-order valence-electron chi connectivity index (χ2n) is 5.16. The molecular weight excluding hydrogens is 326 g/mol. The second-order valence-corrected chi connectivity index (χ2v) is 5.60. The molecule has 0 heterocycles. The molecule has 0 bridgehead atoms. The maximum absolute atomic E-state index is 11.9. The number of anilines is 1. The molecule has 2 amide bonds. The number of nitrogens with zero attached hydrogens (tertiary/aromatic N) is 1. The number of halogens is 1. The lowest BCUT2D eigenvalue weighted by molar-refractivity contribution is -0.120. The van der Waals surface area contributed by atoms with Gasteiger partial charge in [0.25, 0.3) is 0 Å². The number of amides is 2. The number of nitrogens with one attached hydrogen (secondary N) is 2. The van der Waals surface area contributed by atoms with Crippen LogP contribution in [-0.2, 0) is 22.6 Å². The van der Waals surface area contributed by atoms with Crippen LogP contribution in [0.3, 0.4) is 0 Å². The summed E-state index contributed by atoms with van der Waals surface area (Å²) in [5.41, 5.74) is 2.43. The van der Waals surface area contributed by atoms with Crippen molar-refractivity contribution < 1.29 is 9.59 Å². The van der Waals surface area contributed by atoms with Crippen LogP contribution in [0, 0.1) is 11.3 Å². The van der Waals surface area contributed by atoms with Gasteiger partial charge in [0.1, 0.15) is 6.42 Å². The topological polar surface area (TPSA) is 82.0 Å². The highest BCUT2D eigenvalue weighted by Gasteiger charge is 2.04. The first-order valence-electron chi connectivity index (χ1n) is 7.33. The third kappa shape index (κ3) is 5.75. The average Bonchev–Trinajstić information content (AvgIpc) is 2.56. The van der Waals surface area contributed by atoms with Gasteiger partial charge in [-0.15, -0.1) is 0 Å². The molecule has 0 aromatic heterocycles. The van der Waals surface area contributed by atoms with Crippen molar-refractivity contribution in [2.24, 2.45) is 0 Å². The molecule has 0 radical (unpaired) electrons. The standard InChI is InChI=1S/C18H16ClN3O2/c19-15-5-1-13(2-6-15)11-18(24)21-12-14-3-7-16(8-4-14)22-17(23)9-10-20/h1-8H,9,11-12H2,(H,21,24)(H,22,23). The molecule has 2 N–H and O–H groups in total. The Balaban J connectivity index is 1.81. The molecule has 0 unspecified atom stereocenters. The van der Waals surface area contributed by atoms with E-state index in [1.807, 2.05) is 24.3 Å². The van der Waals surface area contributed by atoms with E-state index >= 15 is 0 Å². The molecule has 5 nitrogen and oxygen atoms in total. The van der Waals surface area contributed by atoms with Crippen molar-refractivity contribution in [3.63, 3.8) is 0 Å². The number of hydrogen-bond acceptors (Lipinski definition) is 3. The van der Waals surface area contributed by atoms with Crippen LogP contribution in [0.1, 0.15) is 17.5 Å². The fourth-order valence-electron chi connectivity index (χ4n) is 2.03. The van der Waals surface area contributed by atoms with Gasteiger partial charge >= 0.3 is 0 Å². The quantitative estimate of drug-likeness (QED) is 0.847. The molecule has 0 aliphatic rings. The third-order valence-electron chi connectivity index (χ3n) is 3.24. The minimum Gasteiger partial charge on any atom is -0.352 e. The molecule has 2 rings (SSSR count). The molecule has 2 aromatic carbocycles. The fourth-order valence-corrected chi connectivity index (χ4v) is 2.16. The van der Waals surface area contributed by atoms with E-state index in [4.69, 9.17) is 16.9 Å². The van der Waals surface area contributed by atoms with E-state index in [1.165, 1.54) is 0 Å². The molecule has 122 valence electrons. The highest BCUT2D eigenvalue weighted by Crippen LogP contribution is 2.11. The molecule has 0 aliphatic carbocycles. The summed E-state index contributed by atoms with van der Waals surface area (Å²) in [4.78, 5) is 23.2. The van der Waals surface area contributed by atoms with Gasteiger partial charge in [-0.1, -0.05) is 35.9 Å². The van der Waals surface area contributed by atoms with Gasteiger partial charge < -0.3 is 10.6 Å². The number of carbonyl (C=O) groups is 2. The van der Waals surface area contributed by atoms with Gasteiger partial charge in [0, 0.05) is 17.3 Å². The number of rotatable bonds is 6. The number of benzene rings is 2. The molecule has 24 heavy (non-hydrogen) atoms. The van der Waals surface area contributed by atoms with Crippen LogP contribution < -0.4 is 10.6 Å². The van der Waals surface area contributed by atoms with Gasteiger partial charge in [0.05, 0.1) is 12.5 Å². The fraction of sp³-hybridized carbons (Fsp3) is 0.167. The Hall–Kier alpha value is -2.84. The predicted molar refractivity (Wildman–Crippen MR) is 92.3 cm³/mol. The van der Waals surface area contributed by atoms with Gasteiger partial charge in [-0.3, -0.25) is 9.59 Å². The van der Waals surface area contributed by atoms with Crippen LogP contribution in [0.5, 0.6) is 0 Å². The molecule has 0 aliphatic heterocycles. The van der Waals surface area contributed by atoms with E-state index in [0.29, 0.717) is 23.7 Å². The maximum Gasteiger partial charge on any atom is 0.238 e. The van der Waals surface area contributed by atoms with Crippen LogP contribution in [-0.4, -0.2) is 11.8 Å². The molecule has 0 atom stereocenters. The van der Waals surface area contributed by atoms with Crippen molar-refractivity contribution in [1.29, 1.82) is 5.26 Å². The number of hydrogen-bond donors (Lipinski definition) is 2. The maximum atomic E-state index is 11.9. The Bertz CT molecular complexity index is 749. The summed E-state index contributed by atoms with van der Waals surface area (Å²) in [6.45, 7) is 0.402.